The largest absolute Gasteiger partial charge is 0.372 e. The molecule has 1 N–H and O–H groups in total. The molecule has 0 fully saturated rings. The molecule has 18 heavy (non-hydrogen) atoms. The summed E-state index contributed by atoms with van der Waals surface area (Å²) in [5.41, 5.74) is -0.745. The first-order valence-corrected chi connectivity index (χ1v) is 7.95. The van der Waals surface area contributed by atoms with Crippen LogP contribution in [0.25, 0.3) is 0 Å². The van der Waals surface area contributed by atoms with E-state index in [1.54, 1.807) is 25.1 Å². The average Bonchev–Trinajstić information content (AvgIpc) is 2.37. The van der Waals surface area contributed by atoms with E-state index >= 15 is 0 Å². The topological polar surface area (TPSA) is 55.4 Å². The molecule has 1 rings (SSSR count). The maximum atomic E-state index is 13.7. The van der Waals surface area contributed by atoms with Gasteiger partial charge >= 0.3 is 0 Å². The molecule has 0 heterocycles. The molecule has 0 aromatic heterocycles. The Hall–Kier alpha value is -0.500. The fourth-order valence-electron chi connectivity index (χ4n) is 1.45. The molecule has 102 valence electrons. The minimum absolute atomic E-state index is 0.0433. The molecule has 1 atom stereocenters. The van der Waals surface area contributed by atoms with Crippen molar-refractivity contribution in [3.8, 4) is 0 Å². The molecule has 0 saturated carbocycles. The molecular weight excluding hydrogens is 325 g/mol. The van der Waals surface area contributed by atoms with Gasteiger partial charge in [0.25, 0.3) is 0 Å². The number of halogens is 2. The van der Waals surface area contributed by atoms with Crippen LogP contribution in [0.5, 0.6) is 0 Å². The number of nitrogens with one attached hydrogen (secondary N) is 1. The number of hydrogen-bond donors (Lipinski definition) is 1. The van der Waals surface area contributed by atoms with Crippen LogP contribution in [0.15, 0.2) is 24.3 Å². The van der Waals surface area contributed by atoms with Crippen LogP contribution >= 0.6 is 15.9 Å². The van der Waals surface area contributed by atoms with Gasteiger partial charge in [-0.1, -0.05) is 34.1 Å². The SMILES string of the molecule is COC(C)(CNS(=O)(=O)CBr)c1ccccc1F. The molecule has 0 spiro atoms. The van der Waals surface area contributed by atoms with Crippen molar-refractivity contribution in [1.29, 1.82) is 0 Å². The Labute approximate surface area is 115 Å². The van der Waals surface area contributed by atoms with E-state index in [-0.39, 0.29) is 11.2 Å². The Bertz CT molecular complexity index is 509. The van der Waals surface area contributed by atoms with Crippen molar-refractivity contribution in [2.75, 3.05) is 18.3 Å². The lowest BCUT2D eigenvalue weighted by Crippen LogP contribution is -2.40. The second kappa shape index (κ2) is 6.10. The number of methoxy groups -OCH3 is 1. The predicted octanol–water partition coefficient (Wildman–Crippen LogP) is 1.96. The van der Waals surface area contributed by atoms with Gasteiger partial charge in [0, 0.05) is 19.2 Å². The first-order chi connectivity index (χ1) is 8.34. The van der Waals surface area contributed by atoms with E-state index in [1.807, 2.05) is 0 Å². The van der Waals surface area contributed by atoms with Crippen molar-refractivity contribution in [1.82, 2.24) is 4.72 Å². The number of alkyl halides is 1. The third-order valence-electron chi connectivity index (χ3n) is 2.67. The molecule has 0 aliphatic rings. The Morgan fingerprint density at radius 2 is 2.06 bits per heavy atom. The van der Waals surface area contributed by atoms with E-state index < -0.39 is 21.4 Å². The third kappa shape index (κ3) is 3.74. The smallest absolute Gasteiger partial charge is 0.221 e. The molecule has 0 radical (unpaired) electrons. The lowest BCUT2D eigenvalue weighted by atomic mass is 9.95. The van der Waals surface area contributed by atoms with Gasteiger partial charge in [-0.25, -0.2) is 17.5 Å². The van der Waals surface area contributed by atoms with Crippen LogP contribution in [0.4, 0.5) is 4.39 Å². The van der Waals surface area contributed by atoms with Crippen LogP contribution in [-0.4, -0.2) is 26.7 Å². The van der Waals surface area contributed by atoms with E-state index in [2.05, 4.69) is 20.7 Å². The highest BCUT2D eigenvalue weighted by molar-refractivity contribution is 9.10. The summed E-state index contributed by atoms with van der Waals surface area (Å²) in [6.45, 7) is 1.58. The van der Waals surface area contributed by atoms with Gasteiger partial charge in [0.05, 0.1) is 0 Å². The molecule has 1 aromatic carbocycles. The number of sulfonamides is 1. The average molecular weight is 340 g/mol. The van der Waals surface area contributed by atoms with Crippen LogP contribution in [0.1, 0.15) is 12.5 Å². The second-order valence-corrected chi connectivity index (χ2v) is 7.07. The highest BCUT2D eigenvalue weighted by atomic mass is 79.9. The lowest BCUT2D eigenvalue weighted by Gasteiger charge is -2.29. The normalized spacial score (nSPS) is 15.3. The molecule has 1 unspecified atom stereocenters. The molecule has 0 amide bonds. The summed E-state index contributed by atoms with van der Waals surface area (Å²) >= 11 is 2.87. The predicted molar refractivity (Wildman–Crippen MR) is 71.5 cm³/mol. The van der Waals surface area contributed by atoms with Gasteiger partial charge in [-0.3, -0.25) is 0 Å². The summed E-state index contributed by atoms with van der Waals surface area (Å²) in [4.78, 5) is 0. The molecular formula is C11H15BrFNO3S. The van der Waals surface area contributed by atoms with E-state index in [0.717, 1.165) is 0 Å². The highest BCUT2D eigenvalue weighted by Gasteiger charge is 2.30. The molecule has 0 bridgehead atoms. The first-order valence-electron chi connectivity index (χ1n) is 5.18. The quantitative estimate of drug-likeness (QED) is 0.806. The van der Waals surface area contributed by atoms with Gasteiger partial charge in [-0.05, 0) is 13.0 Å². The highest BCUT2D eigenvalue weighted by Crippen LogP contribution is 2.26. The van der Waals surface area contributed by atoms with Crippen LogP contribution in [0.2, 0.25) is 0 Å². The minimum atomic E-state index is -3.42. The van der Waals surface area contributed by atoms with Crippen molar-refractivity contribution in [3.63, 3.8) is 0 Å². The van der Waals surface area contributed by atoms with Crippen molar-refractivity contribution >= 4 is 26.0 Å². The monoisotopic (exact) mass is 339 g/mol. The Morgan fingerprint density at radius 1 is 1.44 bits per heavy atom. The molecule has 0 aliphatic heterocycles. The Morgan fingerprint density at radius 3 is 2.56 bits per heavy atom. The van der Waals surface area contributed by atoms with Crippen LogP contribution in [0, 0.1) is 5.82 Å². The maximum Gasteiger partial charge on any atom is 0.221 e. The number of ether oxygens (including phenoxy) is 1. The Balaban J connectivity index is 2.97. The minimum Gasteiger partial charge on any atom is -0.372 e. The summed E-state index contributed by atoms with van der Waals surface area (Å²) in [6.07, 6.45) is 0. The maximum absolute atomic E-state index is 13.7. The zero-order valence-electron chi connectivity index (χ0n) is 10.1. The summed E-state index contributed by atoms with van der Waals surface area (Å²) in [5, 5.41) is 0. The standard InChI is InChI=1S/C11H15BrFNO3S/c1-11(17-2,7-14-18(15,16)8-12)9-5-3-4-6-10(9)13/h3-6,14H,7-8H2,1-2H3. The van der Waals surface area contributed by atoms with Crippen molar-refractivity contribution in [3.05, 3.63) is 35.6 Å². The van der Waals surface area contributed by atoms with Gasteiger partial charge in [0.15, 0.2) is 0 Å². The third-order valence-corrected chi connectivity index (χ3v) is 5.35. The van der Waals surface area contributed by atoms with Crippen molar-refractivity contribution in [2.45, 2.75) is 12.5 Å². The van der Waals surface area contributed by atoms with Gasteiger partial charge < -0.3 is 4.74 Å². The number of benzene rings is 1. The lowest BCUT2D eigenvalue weighted by molar-refractivity contribution is 0.00413. The summed E-state index contributed by atoms with van der Waals surface area (Å²) in [5.74, 6) is -0.431. The molecule has 7 heteroatoms. The van der Waals surface area contributed by atoms with E-state index in [0.29, 0.717) is 5.56 Å². The molecule has 0 saturated heterocycles. The van der Waals surface area contributed by atoms with Gasteiger partial charge in [0.1, 0.15) is 16.1 Å². The van der Waals surface area contributed by atoms with E-state index in [4.69, 9.17) is 4.74 Å². The van der Waals surface area contributed by atoms with Crippen LogP contribution in [-0.2, 0) is 20.4 Å². The Kier molecular flexibility index (Phi) is 5.27. The van der Waals surface area contributed by atoms with E-state index in [9.17, 15) is 12.8 Å². The van der Waals surface area contributed by atoms with E-state index in [1.165, 1.54) is 13.2 Å². The van der Waals surface area contributed by atoms with Gasteiger partial charge in [0.2, 0.25) is 10.0 Å². The second-order valence-electron chi connectivity index (χ2n) is 3.96. The van der Waals surface area contributed by atoms with Gasteiger partial charge in [-0.2, -0.15) is 0 Å². The van der Waals surface area contributed by atoms with Crippen molar-refractivity contribution in [2.24, 2.45) is 0 Å². The summed E-state index contributed by atoms with van der Waals surface area (Å²) in [6, 6.07) is 6.12. The van der Waals surface area contributed by atoms with Gasteiger partial charge in [-0.15, -0.1) is 0 Å². The van der Waals surface area contributed by atoms with Crippen LogP contribution in [0.3, 0.4) is 0 Å². The summed E-state index contributed by atoms with van der Waals surface area (Å²) in [7, 11) is -2.01. The molecule has 4 nitrogen and oxygen atoms in total. The zero-order chi connectivity index (χ0) is 13.8. The summed E-state index contributed by atoms with van der Waals surface area (Å²) < 4.78 is 43.9. The van der Waals surface area contributed by atoms with Crippen molar-refractivity contribution < 1.29 is 17.5 Å². The zero-order valence-corrected chi connectivity index (χ0v) is 12.5. The first kappa shape index (κ1) is 15.6. The fraction of sp³-hybridized carbons (Fsp3) is 0.455. The molecule has 0 aliphatic carbocycles. The number of rotatable bonds is 6. The van der Waals surface area contributed by atoms with Crippen LogP contribution < -0.4 is 4.72 Å². The molecule has 1 aromatic rings. The number of hydrogen-bond acceptors (Lipinski definition) is 3. The fourth-order valence-corrected chi connectivity index (χ4v) is 2.51.